The van der Waals surface area contributed by atoms with Crippen LogP contribution in [0, 0.1) is 11.6 Å². The number of esters is 1. The molecule has 0 atom stereocenters. The number of fused-ring (bicyclic) bond motifs is 1. The number of aromatic hydroxyl groups is 1. The number of benzene rings is 2. The average Bonchev–Trinajstić information content (AvgIpc) is 3.48. The van der Waals surface area contributed by atoms with Gasteiger partial charge in [-0.05, 0) is 17.7 Å². The second kappa shape index (κ2) is 47.4. The number of methoxy groups -OCH3 is 1. The maximum atomic E-state index is 14.4. The number of nitrogens with zero attached hydrogens (tertiary/aromatic N) is 1. The van der Waals surface area contributed by atoms with E-state index in [0.29, 0.717) is 185 Å². The molecule has 0 aliphatic rings. The Balaban J connectivity index is 1.03. The lowest BCUT2D eigenvalue weighted by molar-refractivity contribution is -0.145. The predicted molar refractivity (Wildman–Crippen MR) is 275 cm³/mol. The lowest BCUT2D eigenvalue weighted by atomic mass is 10.1. The predicted octanol–water partition coefficient (Wildman–Crippen LogP) is 3.25. The minimum atomic E-state index is -1.48. The second-order valence-electron chi connectivity index (χ2n) is 16.3. The monoisotopic (exact) mass is 1120 g/mol. The zero-order valence-corrected chi connectivity index (χ0v) is 45.0. The van der Waals surface area contributed by atoms with Crippen LogP contribution in [-0.2, 0) is 91.9 Å². The second-order valence-corrected chi connectivity index (χ2v) is 16.3. The van der Waals surface area contributed by atoms with Crippen LogP contribution in [-0.4, -0.2) is 247 Å². The van der Waals surface area contributed by atoms with Crippen molar-refractivity contribution in [2.45, 2.75) is 13.0 Å². The van der Waals surface area contributed by atoms with E-state index in [9.17, 15) is 28.3 Å². The molecule has 1 heterocycles. The van der Waals surface area contributed by atoms with Gasteiger partial charge in [0, 0.05) is 25.6 Å². The number of ether oxygens (including phenoxy) is 17. The fraction of sp³-hybridized carbons (Fsp3) is 0.679. The normalized spacial score (nSPS) is 11.5. The zero-order valence-electron chi connectivity index (χ0n) is 45.0. The van der Waals surface area contributed by atoms with E-state index in [-0.39, 0.29) is 51.3 Å². The van der Waals surface area contributed by atoms with Crippen molar-refractivity contribution in [3.8, 4) is 5.75 Å². The molecule has 0 saturated carbocycles. The van der Waals surface area contributed by atoms with Crippen molar-refractivity contribution in [2.24, 2.45) is 0 Å². The summed E-state index contributed by atoms with van der Waals surface area (Å²) in [6.07, 6.45) is -0.219. The van der Waals surface area contributed by atoms with Gasteiger partial charge in [-0.25, -0.2) is 9.18 Å². The quantitative estimate of drug-likeness (QED) is 0.0484. The third-order valence-corrected chi connectivity index (χ3v) is 10.4. The highest BCUT2D eigenvalue weighted by atomic mass is 19.1. The summed E-state index contributed by atoms with van der Waals surface area (Å²) in [7, 11) is 1.64. The molecular weight excluding hydrogens is 1040 g/mol. The molecular formula is C53H81F2NO22. The molecule has 25 heteroatoms. The van der Waals surface area contributed by atoms with Gasteiger partial charge < -0.3 is 95.0 Å². The number of carbonyl (C=O) groups is 2. The highest BCUT2D eigenvalue weighted by Gasteiger charge is 2.24. The largest absolute Gasteiger partial charge is 0.503 e. The zero-order chi connectivity index (χ0) is 55.8. The number of hydrogen-bond donors (Lipinski definition) is 1. The smallest absolute Gasteiger partial charge is 0.349 e. The summed E-state index contributed by atoms with van der Waals surface area (Å²) in [4.78, 5) is 40.0. The molecule has 0 fully saturated rings. The number of amides is 1. The van der Waals surface area contributed by atoms with E-state index in [1.165, 1.54) is 4.90 Å². The summed E-state index contributed by atoms with van der Waals surface area (Å²) < 4.78 is 126. The molecule has 2 aromatic carbocycles. The van der Waals surface area contributed by atoms with Crippen LogP contribution in [0.1, 0.15) is 22.3 Å². The van der Waals surface area contributed by atoms with Crippen LogP contribution >= 0.6 is 0 Å². The molecule has 0 saturated heterocycles. The van der Waals surface area contributed by atoms with E-state index in [2.05, 4.69) is 0 Å². The summed E-state index contributed by atoms with van der Waals surface area (Å²) >= 11 is 0. The Labute approximate surface area is 454 Å². The number of halogens is 2. The maximum Gasteiger partial charge on any atom is 0.349 e. The molecule has 23 nitrogen and oxygen atoms in total. The van der Waals surface area contributed by atoms with Gasteiger partial charge in [0.15, 0.2) is 17.1 Å². The molecule has 0 unspecified atom stereocenters. The SMILES string of the molecule is COCCOCCOCCOCCOCCOCCOCCOCCOCCOCCOCCOCCOCCOCCOCCOCCN(CCC(=O)OCc1ccccc1)C(=O)c1cc2cc(F)c(O)c(F)c2oc1=O. The van der Waals surface area contributed by atoms with Gasteiger partial charge in [-0.15, -0.1) is 0 Å². The van der Waals surface area contributed by atoms with Crippen LogP contribution in [0.5, 0.6) is 5.75 Å². The number of phenols is 1. The Bertz CT molecular complexity index is 2010. The topological polar surface area (TPSA) is 245 Å². The van der Waals surface area contributed by atoms with Crippen molar-refractivity contribution in [3.63, 3.8) is 0 Å². The van der Waals surface area contributed by atoms with Crippen LogP contribution in [0.2, 0.25) is 0 Å². The van der Waals surface area contributed by atoms with Gasteiger partial charge >= 0.3 is 11.6 Å². The highest BCUT2D eigenvalue weighted by Crippen LogP contribution is 2.28. The number of rotatable bonds is 54. The van der Waals surface area contributed by atoms with E-state index >= 15 is 0 Å². The fourth-order valence-electron chi connectivity index (χ4n) is 6.35. The van der Waals surface area contributed by atoms with Gasteiger partial charge in [0.25, 0.3) is 5.91 Å². The van der Waals surface area contributed by atoms with Crippen molar-refractivity contribution in [2.75, 3.05) is 225 Å². The summed E-state index contributed by atoms with van der Waals surface area (Å²) in [5.41, 5.74) is -1.69. The van der Waals surface area contributed by atoms with Crippen LogP contribution in [0.3, 0.4) is 0 Å². The number of carbonyl (C=O) groups excluding carboxylic acids is 2. The van der Waals surface area contributed by atoms with Crippen molar-refractivity contribution in [1.29, 1.82) is 0 Å². The van der Waals surface area contributed by atoms with E-state index < -0.39 is 46.0 Å². The Morgan fingerprint density at radius 1 is 0.487 bits per heavy atom. The Morgan fingerprint density at radius 3 is 1.19 bits per heavy atom. The van der Waals surface area contributed by atoms with Crippen LogP contribution < -0.4 is 5.63 Å². The number of hydrogen-bond acceptors (Lipinski definition) is 22. The van der Waals surface area contributed by atoms with Crippen molar-refractivity contribution in [3.05, 3.63) is 75.6 Å². The van der Waals surface area contributed by atoms with Gasteiger partial charge in [-0.3, -0.25) is 9.59 Å². The minimum absolute atomic E-state index is 0.000169. The Morgan fingerprint density at radius 2 is 0.833 bits per heavy atom. The Kier molecular flexibility index (Phi) is 41.3. The molecule has 78 heavy (non-hydrogen) atoms. The van der Waals surface area contributed by atoms with Gasteiger partial charge in [-0.1, -0.05) is 30.3 Å². The van der Waals surface area contributed by atoms with Crippen molar-refractivity contribution in [1.82, 2.24) is 4.90 Å². The van der Waals surface area contributed by atoms with Crippen molar-refractivity contribution < 1.29 is 108 Å². The molecule has 1 aromatic heterocycles. The van der Waals surface area contributed by atoms with Crippen molar-refractivity contribution >= 4 is 22.8 Å². The first-order valence-corrected chi connectivity index (χ1v) is 26.1. The van der Waals surface area contributed by atoms with Gasteiger partial charge in [0.2, 0.25) is 5.82 Å². The fourth-order valence-corrected chi connectivity index (χ4v) is 6.35. The van der Waals surface area contributed by atoms with E-state index in [1.807, 2.05) is 6.07 Å². The Hall–Kier alpha value is -4.39. The molecule has 0 aliphatic carbocycles. The highest BCUT2D eigenvalue weighted by molar-refractivity contribution is 5.97. The third-order valence-electron chi connectivity index (χ3n) is 10.4. The van der Waals surface area contributed by atoms with Crippen LogP contribution in [0.25, 0.3) is 11.0 Å². The standard InChI is InChI=1S/C53H81F2NO22/c1-61-11-12-63-15-16-65-19-20-67-23-24-69-27-28-71-31-32-73-35-36-75-39-40-76-38-37-74-34-33-72-30-29-70-26-25-68-22-21-66-18-17-64-14-13-62-10-9-56(8-7-48(57)77-43-44-5-3-2-4-6-44)52(59)46-41-45-42-47(54)50(58)49(55)51(45)78-53(46)60/h2-6,41-42,58H,7-40,43H2,1H3. The average molecular weight is 1120 g/mol. The molecule has 1 N–H and O–H groups in total. The molecule has 0 aliphatic heterocycles. The van der Waals surface area contributed by atoms with Gasteiger partial charge in [0.1, 0.15) is 12.2 Å². The molecule has 0 spiro atoms. The summed E-state index contributed by atoms with van der Waals surface area (Å²) in [5, 5.41) is 9.31. The molecule has 1 amide bonds. The summed E-state index contributed by atoms with van der Waals surface area (Å²) in [5.74, 6) is -5.56. The molecule has 3 aromatic rings. The van der Waals surface area contributed by atoms with Gasteiger partial charge in [-0.2, -0.15) is 4.39 Å². The maximum absolute atomic E-state index is 14.4. The number of phenolic OH excluding ortho intramolecular Hbond substituents is 1. The van der Waals surface area contributed by atoms with Gasteiger partial charge in [0.05, 0.1) is 211 Å². The van der Waals surface area contributed by atoms with E-state index in [1.54, 1.807) is 31.4 Å². The molecule has 0 bridgehead atoms. The third kappa shape index (κ3) is 33.9. The molecule has 0 radical (unpaired) electrons. The summed E-state index contributed by atoms with van der Waals surface area (Å²) in [6, 6.07) is 10.7. The first-order valence-electron chi connectivity index (χ1n) is 26.1. The molecule has 444 valence electrons. The van der Waals surface area contributed by atoms with Crippen LogP contribution in [0.15, 0.2) is 51.7 Å². The lowest BCUT2D eigenvalue weighted by Crippen LogP contribution is -2.38. The lowest BCUT2D eigenvalue weighted by Gasteiger charge is -2.22. The minimum Gasteiger partial charge on any atom is -0.503 e. The van der Waals surface area contributed by atoms with E-state index in [4.69, 9.17) is 84.9 Å². The van der Waals surface area contributed by atoms with Crippen LogP contribution in [0.4, 0.5) is 8.78 Å². The first-order chi connectivity index (χ1) is 38.3. The molecule has 3 rings (SSSR count). The first kappa shape index (κ1) is 67.9. The van der Waals surface area contributed by atoms with E-state index in [0.717, 1.165) is 17.7 Å². The summed E-state index contributed by atoms with van der Waals surface area (Å²) in [6.45, 7) is 13.0.